The largest absolute Gasteiger partial charge is 0.445 e. The van der Waals surface area contributed by atoms with Crippen LogP contribution in [0.2, 0.25) is 0 Å². The first kappa shape index (κ1) is 17.0. The molecule has 0 saturated heterocycles. The second-order valence-corrected chi connectivity index (χ2v) is 6.71. The first-order valence-corrected chi connectivity index (χ1v) is 9.07. The lowest BCUT2D eigenvalue weighted by Gasteiger charge is -2.05. The van der Waals surface area contributed by atoms with Crippen LogP contribution in [0.25, 0.3) is 22.4 Å². The molecule has 27 heavy (non-hydrogen) atoms. The highest BCUT2D eigenvalue weighted by molar-refractivity contribution is 7.09. The van der Waals surface area contributed by atoms with Gasteiger partial charge in [0.1, 0.15) is 11.6 Å². The molecule has 0 unspecified atom stereocenters. The van der Waals surface area contributed by atoms with Gasteiger partial charge in [-0.3, -0.25) is 4.98 Å². The van der Waals surface area contributed by atoms with E-state index in [9.17, 15) is 9.59 Å². The third-order valence-corrected chi connectivity index (χ3v) is 4.71. The zero-order chi connectivity index (χ0) is 18.6. The number of alkyl carbamates (subject to hydrolysis) is 1. The predicted octanol–water partition coefficient (Wildman–Crippen LogP) is 3.67. The summed E-state index contributed by atoms with van der Waals surface area (Å²) >= 11 is 1.43. The van der Waals surface area contributed by atoms with Gasteiger partial charge in [0.25, 0.3) is 0 Å². The van der Waals surface area contributed by atoms with Crippen molar-refractivity contribution < 1.29 is 13.9 Å². The van der Waals surface area contributed by atoms with E-state index < -0.39 is 11.8 Å². The molecule has 2 aromatic carbocycles. The minimum atomic E-state index is -0.494. The van der Waals surface area contributed by atoms with Gasteiger partial charge in [0.15, 0.2) is 5.58 Å². The predicted molar refractivity (Wildman–Crippen MR) is 101 cm³/mol. The number of aromatic nitrogens is 2. The van der Waals surface area contributed by atoms with Gasteiger partial charge in [0.2, 0.25) is 0 Å². The van der Waals surface area contributed by atoms with Crippen LogP contribution < -0.4 is 11.1 Å². The van der Waals surface area contributed by atoms with Crippen molar-refractivity contribution in [3.8, 4) is 11.3 Å². The van der Waals surface area contributed by atoms with Crippen LogP contribution in [0.4, 0.5) is 4.79 Å². The lowest BCUT2D eigenvalue weighted by atomic mass is 10.1. The molecule has 0 aliphatic heterocycles. The molecule has 0 atom stereocenters. The second kappa shape index (κ2) is 7.46. The molecule has 0 spiro atoms. The summed E-state index contributed by atoms with van der Waals surface area (Å²) in [6, 6.07) is 14.9. The number of amides is 1. The Bertz CT molecular complexity index is 1130. The number of carbonyl (C=O) groups excluding carboxylic acids is 1. The van der Waals surface area contributed by atoms with Crippen LogP contribution in [0, 0.1) is 0 Å². The molecule has 0 bridgehead atoms. The average molecular weight is 381 g/mol. The molecule has 7 nitrogen and oxygen atoms in total. The van der Waals surface area contributed by atoms with E-state index in [1.807, 2.05) is 41.8 Å². The molecule has 8 heteroatoms. The number of oxazole rings is 1. The number of hydrogen-bond donors (Lipinski definition) is 2. The molecule has 0 aliphatic rings. The molecule has 1 amide bonds. The van der Waals surface area contributed by atoms with Gasteiger partial charge in [0.05, 0.1) is 17.8 Å². The lowest BCUT2D eigenvalue weighted by Crippen LogP contribution is -2.23. The quantitative estimate of drug-likeness (QED) is 0.550. The van der Waals surface area contributed by atoms with Crippen molar-refractivity contribution in [3.63, 3.8) is 0 Å². The Morgan fingerprint density at radius 2 is 2.07 bits per heavy atom. The number of benzene rings is 2. The Morgan fingerprint density at radius 3 is 2.93 bits per heavy atom. The molecule has 2 heterocycles. The molecule has 0 aliphatic carbocycles. The molecule has 4 rings (SSSR count). The van der Waals surface area contributed by atoms with Gasteiger partial charge in [-0.15, -0.1) is 11.3 Å². The standard InChI is InChI=1S/C19H15N3O4S/c23-18(25-10-12-4-2-1-3-5-12)20-9-17-21-15(11-27-17)13-6-7-14-16(8-13)26-19(24)22-14/h1-8,11H,9-10H2,(H,20,23)(H,22,24). The van der Waals surface area contributed by atoms with Gasteiger partial charge in [0, 0.05) is 10.9 Å². The topological polar surface area (TPSA) is 97.2 Å². The first-order chi connectivity index (χ1) is 13.2. The number of rotatable bonds is 5. The Balaban J connectivity index is 1.36. The first-order valence-electron chi connectivity index (χ1n) is 8.19. The average Bonchev–Trinajstić information content (AvgIpc) is 3.30. The van der Waals surface area contributed by atoms with E-state index in [0.717, 1.165) is 21.8 Å². The highest BCUT2D eigenvalue weighted by atomic mass is 32.1. The van der Waals surface area contributed by atoms with Crippen molar-refractivity contribution in [1.29, 1.82) is 0 Å². The van der Waals surface area contributed by atoms with E-state index in [-0.39, 0.29) is 13.2 Å². The SMILES string of the molecule is O=C(NCc1nc(-c2ccc3[nH]c(=O)oc3c2)cs1)OCc1ccccc1. The Hall–Kier alpha value is -3.39. The summed E-state index contributed by atoms with van der Waals surface area (Å²) in [4.78, 5) is 30.2. The highest BCUT2D eigenvalue weighted by Gasteiger charge is 2.09. The second-order valence-electron chi connectivity index (χ2n) is 5.77. The number of hydrogen-bond acceptors (Lipinski definition) is 6. The summed E-state index contributed by atoms with van der Waals surface area (Å²) < 4.78 is 10.2. The van der Waals surface area contributed by atoms with Crippen molar-refractivity contribution in [2.75, 3.05) is 0 Å². The molecule has 136 valence electrons. The molecule has 0 fully saturated rings. The normalized spacial score (nSPS) is 10.8. The van der Waals surface area contributed by atoms with Crippen molar-refractivity contribution in [1.82, 2.24) is 15.3 Å². The Kier molecular flexibility index (Phi) is 4.71. The van der Waals surface area contributed by atoms with E-state index in [0.29, 0.717) is 11.1 Å². The van der Waals surface area contributed by atoms with Crippen LogP contribution in [-0.2, 0) is 17.9 Å². The molecule has 0 radical (unpaired) electrons. The van der Waals surface area contributed by atoms with Crippen LogP contribution in [0.3, 0.4) is 0 Å². The summed E-state index contributed by atoms with van der Waals surface area (Å²) in [6.07, 6.45) is -0.494. The van der Waals surface area contributed by atoms with Gasteiger partial charge >= 0.3 is 11.8 Å². The van der Waals surface area contributed by atoms with E-state index in [2.05, 4.69) is 15.3 Å². The minimum Gasteiger partial charge on any atom is -0.445 e. The number of ether oxygens (including phenoxy) is 1. The minimum absolute atomic E-state index is 0.220. The van der Waals surface area contributed by atoms with Gasteiger partial charge in [-0.2, -0.15) is 0 Å². The summed E-state index contributed by atoms with van der Waals surface area (Å²) in [5.41, 5.74) is 3.63. The summed E-state index contributed by atoms with van der Waals surface area (Å²) in [5.74, 6) is -0.487. The fraction of sp³-hybridized carbons (Fsp3) is 0.105. The number of thiazole rings is 1. The van der Waals surface area contributed by atoms with Crippen molar-refractivity contribution in [2.45, 2.75) is 13.2 Å². The molecule has 0 saturated carbocycles. The number of nitrogens with one attached hydrogen (secondary N) is 2. The van der Waals surface area contributed by atoms with Crippen LogP contribution in [0.1, 0.15) is 10.6 Å². The maximum Gasteiger partial charge on any atom is 0.417 e. The van der Waals surface area contributed by atoms with Crippen molar-refractivity contribution in [3.05, 3.63) is 75.0 Å². The fourth-order valence-electron chi connectivity index (χ4n) is 2.55. The van der Waals surface area contributed by atoms with E-state index in [1.165, 1.54) is 11.3 Å². The number of nitrogens with zero attached hydrogens (tertiary/aromatic N) is 1. The third-order valence-electron chi connectivity index (χ3n) is 3.87. The maximum atomic E-state index is 11.8. The fourth-order valence-corrected chi connectivity index (χ4v) is 3.29. The van der Waals surface area contributed by atoms with Gasteiger partial charge < -0.3 is 14.5 Å². The number of aromatic amines is 1. The van der Waals surface area contributed by atoms with Crippen LogP contribution in [-0.4, -0.2) is 16.1 Å². The molecule has 4 aromatic rings. The van der Waals surface area contributed by atoms with E-state index in [4.69, 9.17) is 9.15 Å². The van der Waals surface area contributed by atoms with Crippen LogP contribution in [0.5, 0.6) is 0 Å². The van der Waals surface area contributed by atoms with Gasteiger partial charge in [-0.1, -0.05) is 36.4 Å². The number of carbonyl (C=O) groups is 1. The molecule has 2 aromatic heterocycles. The van der Waals surface area contributed by atoms with Gasteiger partial charge in [-0.05, 0) is 17.7 Å². The smallest absolute Gasteiger partial charge is 0.417 e. The third kappa shape index (κ3) is 4.06. The number of fused-ring (bicyclic) bond motifs is 1. The molecular formula is C19H15N3O4S. The summed E-state index contributed by atoms with van der Waals surface area (Å²) in [6.45, 7) is 0.497. The van der Waals surface area contributed by atoms with Gasteiger partial charge in [-0.25, -0.2) is 14.6 Å². The van der Waals surface area contributed by atoms with Crippen molar-refractivity contribution >= 4 is 28.5 Å². The molecule has 2 N–H and O–H groups in total. The van der Waals surface area contributed by atoms with Crippen molar-refractivity contribution in [2.24, 2.45) is 0 Å². The monoisotopic (exact) mass is 381 g/mol. The Labute approximate surface area is 157 Å². The number of H-pyrrole nitrogens is 1. The zero-order valence-electron chi connectivity index (χ0n) is 14.1. The molecular weight excluding hydrogens is 366 g/mol. The maximum absolute atomic E-state index is 11.8. The lowest BCUT2D eigenvalue weighted by molar-refractivity contribution is 0.139. The van der Waals surface area contributed by atoms with E-state index in [1.54, 1.807) is 12.1 Å². The van der Waals surface area contributed by atoms with Crippen LogP contribution in [0.15, 0.2) is 63.1 Å². The zero-order valence-corrected chi connectivity index (χ0v) is 14.9. The van der Waals surface area contributed by atoms with E-state index >= 15 is 0 Å². The Morgan fingerprint density at radius 1 is 1.22 bits per heavy atom. The highest BCUT2D eigenvalue weighted by Crippen LogP contribution is 2.24. The summed E-state index contributed by atoms with van der Waals surface area (Å²) in [5, 5.41) is 5.32. The summed E-state index contributed by atoms with van der Waals surface area (Å²) in [7, 11) is 0. The van der Waals surface area contributed by atoms with Crippen LogP contribution >= 0.6 is 11.3 Å².